The van der Waals surface area contributed by atoms with Gasteiger partial charge in [-0.3, -0.25) is 0 Å². The molecule has 5 nitrogen and oxygen atoms in total. The van der Waals surface area contributed by atoms with Crippen LogP contribution in [0.3, 0.4) is 0 Å². The van der Waals surface area contributed by atoms with Crippen molar-refractivity contribution in [1.29, 1.82) is 5.26 Å². The molecule has 288 valence electrons. The number of rotatable bonds is 5. The van der Waals surface area contributed by atoms with Gasteiger partial charge in [-0.05, 0) is 86.3 Å². The lowest BCUT2D eigenvalue weighted by Gasteiger charge is -2.40. The maximum Gasteiger partial charge on any atom is 0.164 e. The summed E-state index contributed by atoms with van der Waals surface area (Å²) in [6.07, 6.45) is 0. The average Bonchev–Trinajstić information content (AvgIpc) is 3.64. The van der Waals surface area contributed by atoms with Crippen molar-refractivity contribution in [3.63, 3.8) is 0 Å². The zero-order valence-electron chi connectivity index (χ0n) is 33.3. The SMILES string of the molecule is N#Cc1ccc(-c2ccc3c(c2)C2(c4cc(-c5cccc(-c6nc(-c7ccccc7)nc(-c7ccccc7)n6)c5)ccc4O3)c3ccccc3-c3ccccc32)c2ccccc12. The zero-order chi connectivity index (χ0) is 41.2. The van der Waals surface area contributed by atoms with Gasteiger partial charge >= 0.3 is 0 Å². The van der Waals surface area contributed by atoms with Gasteiger partial charge in [0.1, 0.15) is 11.5 Å². The first kappa shape index (κ1) is 35.5. The molecule has 1 aromatic heterocycles. The van der Waals surface area contributed by atoms with Gasteiger partial charge in [0.2, 0.25) is 0 Å². The maximum atomic E-state index is 9.98. The Morgan fingerprint density at radius 2 is 0.839 bits per heavy atom. The minimum Gasteiger partial charge on any atom is -0.457 e. The summed E-state index contributed by atoms with van der Waals surface area (Å²) in [5.41, 5.74) is 13.9. The fraction of sp³-hybridized carbons (Fsp3) is 0.0175. The van der Waals surface area contributed by atoms with E-state index in [2.05, 4.69) is 127 Å². The van der Waals surface area contributed by atoms with Crippen molar-refractivity contribution in [1.82, 2.24) is 15.0 Å². The van der Waals surface area contributed by atoms with Crippen LogP contribution in [0, 0.1) is 11.3 Å². The van der Waals surface area contributed by atoms with Crippen molar-refractivity contribution < 1.29 is 4.74 Å². The van der Waals surface area contributed by atoms with Gasteiger partial charge in [0, 0.05) is 33.2 Å². The van der Waals surface area contributed by atoms with Crippen LogP contribution < -0.4 is 4.74 Å². The molecule has 0 bridgehead atoms. The van der Waals surface area contributed by atoms with Gasteiger partial charge in [0.25, 0.3) is 0 Å². The van der Waals surface area contributed by atoms with Crippen LogP contribution in [-0.4, -0.2) is 15.0 Å². The number of benzene rings is 9. The number of fused-ring (bicyclic) bond motifs is 10. The van der Waals surface area contributed by atoms with Crippen LogP contribution in [0.1, 0.15) is 27.8 Å². The number of nitriles is 1. The van der Waals surface area contributed by atoms with Crippen LogP contribution in [0.4, 0.5) is 0 Å². The van der Waals surface area contributed by atoms with Crippen molar-refractivity contribution in [3.05, 3.63) is 234 Å². The van der Waals surface area contributed by atoms with E-state index in [1.165, 1.54) is 22.3 Å². The highest BCUT2D eigenvalue weighted by molar-refractivity contribution is 6.00. The highest BCUT2D eigenvalue weighted by atomic mass is 16.5. The molecule has 0 unspecified atom stereocenters. The van der Waals surface area contributed by atoms with Crippen LogP contribution in [0.15, 0.2) is 206 Å². The normalized spacial score (nSPS) is 12.8. The number of aromatic nitrogens is 3. The Hall–Kier alpha value is -8.46. The lowest BCUT2D eigenvalue weighted by molar-refractivity contribution is 0.436. The molecule has 2 heterocycles. The lowest BCUT2D eigenvalue weighted by Crippen LogP contribution is -2.32. The molecule has 9 aromatic carbocycles. The molecule has 0 radical (unpaired) electrons. The smallest absolute Gasteiger partial charge is 0.164 e. The zero-order valence-corrected chi connectivity index (χ0v) is 33.3. The van der Waals surface area contributed by atoms with E-state index in [4.69, 9.17) is 19.7 Å². The molecule has 0 amide bonds. The molecular formula is C57H34N4O. The third kappa shape index (κ3) is 5.44. The average molecular weight is 791 g/mol. The van der Waals surface area contributed by atoms with Crippen molar-refractivity contribution in [2.45, 2.75) is 5.41 Å². The summed E-state index contributed by atoms with van der Waals surface area (Å²) in [4.78, 5) is 15.0. The summed E-state index contributed by atoms with van der Waals surface area (Å²) in [5.74, 6) is 3.49. The van der Waals surface area contributed by atoms with E-state index in [0.29, 0.717) is 23.0 Å². The molecule has 1 spiro atoms. The molecule has 12 rings (SSSR count). The van der Waals surface area contributed by atoms with Crippen LogP contribution in [0.5, 0.6) is 11.5 Å². The van der Waals surface area contributed by atoms with Crippen LogP contribution in [0.2, 0.25) is 0 Å². The Labute approximate surface area is 358 Å². The predicted octanol–water partition coefficient (Wildman–Crippen LogP) is 13.7. The lowest BCUT2D eigenvalue weighted by atomic mass is 9.65. The molecule has 0 atom stereocenters. The van der Waals surface area contributed by atoms with Crippen LogP contribution in [0.25, 0.3) is 78.3 Å². The molecule has 0 fully saturated rings. The number of hydrogen-bond acceptors (Lipinski definition) is 5. The van der Waals surface area contributed by atoms with Crippen LogP contribution in [-0.2, 0) is 5.41 Å². The summed E-state index contributed by atoms with van der Waals surface area (Å²) in [5, 5.41) is 12.0. The molecule has 0 N–H and O–H groups in total. The van der Waals surface area contributed by atoms with Gasteiger partial charge in [-0.1, -0.05) is 170 Å². The second-order valence-corrected chi connectivity index (χ2v) is 15.8. The first-order valence-corrected chi connectivity index (χ1v) is 20.7. The molecule has 1 aliphatic heterocycles. The van der Waals surface area contributed by atoms with Gasteiger partial charge in [-0.25, -0.2) is 15.0 Å². The summed E-state index contributed by atoms with van der Waals surface area (Å²) < 4.78 is 6.93. The van der Waals surface area contributed by atoms with E-state index in [0.717, 1.165) is 72.3 Å². The van der Waals surface area contributed by atoms with Gasteiger partial charge < -0.3 is 4.74 Å². The number of hydrogen-bond donors (Lipinski definition) is 0. The maximum absolute atomic E-state index is 9.98. The first-order valence-electron chi connectivity index (χ1n) is 20.7. The molecule has 5 heteroatoms. The van der Waals surface area contributed by atoms with E-state index in [-0.39, 0.29) is 0 Å². The van der Waals surface area contributed by atoms with Crippen molar-refractivity contribution >= 4 is 10.8 Å². The Bertz CT molecular complexity index is 3360. The van der Waals surface area contributed by atoms with E-state index >= 15 is 0 Å². The number of ether oxygens (including phenoxy) is 1. The van der Waals surface area contributed by atoms with Crippen molar-refractivity contribution in [2.24, 2.45) is 0 Å². The molecule has 1 aliphatic carbocycles. The fourth-order valence-electron chi connectivity index (χ4n) is 9.67. The second-order valence-electron chi connectivity index (χ2n) is 15.8. The van der Waals surface area contributed by atoms with E-state index in [1.54, 1.807) is 0 Å². The van der Waals surface area contributed by atoms with E-state index in [9.17, 15) is 5.26 Å². The Balaban J connectivity index is 1.05. The fourth-order valence-corrected chi connectivity index (χ4v) is 9.67. The van der Waals surface area contributed by atoms with Gasteiger partial charge in [-0.15, -0.1) is 0 Å². The Kier molecular flexibility index (Phi) is 8.06. The van der Waals surface area contributed by atoms with Crippen molar-refractivity contribution in [2.75, 3.05) is 0 Å². The molecular weight excluding hydrogens is 757 g/mol. The highest BCUT2D eigenvalue weighted by Crippen LogP contribution is 2.63. The predicted molar refractivity (Wildman–Crippen MR) is 247 cm³/mol. The quantitative estimate of drug-likeness (QED) is 0.174. The third-order valence-electron chi connectivity index (χ3n) is 12.4. The van der Waals surface area contributed by atoms with Gasteiger partial charge in [-0.2, -0.15) is 5.26 Å². The number of nitrogens with zero attached hydrogens (tertiary/aromatic N) is 4. The minimum atomic E-state index is -0.689. The first-order chi connectivity index (χ1) is 30.7. The molecule has 62 heavy (non-hydrogen) atoms. The molecule has 10 aromatic rings. The highest BCUT2D eigenvalue weighted by Gasteiger charge is 2.51. The Morgan fingerprint density at radius 1 is 0.355 bits per heavy atom. The summed E-state index contributed by atoms with van der Waals surface area (Å²) in [6.45, 7) is 0. The molecule has 0 saturated heterocycles. The minimum absolute atomic E-state index is 0.604. The third-order valence-corrected chi connectivity index (χ3v) is 12.4. The van der Waals surface area contributed by atoms with Crippen LogP contribution >= 0.6 is 0 Å². The summed E-state index contributed by atoms with van der Waals surface area (Å²) in [6, 6.07) is 73.9. The van der Waals surface area contributed by atoms with E-state index < -0.39 is 5.41 Å². The summed E-state index contributed by atoms with van der Waals surface area (Å²) in [7, 11) is 0. The molecule has 0 saturated carbocycles. The van der Waals surface area contributed by atoms with Crippen molar-refractivity contribution in [3.8, 4) is 85.1 Å². The summed E-state index contributed by atoms with van der Waals surface area (Å²) >= 11 is 0. The van der Waals surface area contributed by atoms with Gasteiger partial charge in [0.05, 0.1) is 17.0 Å². The monoisotopic (exact) mass is 790 g/mol. The van der Waals surface area contributed by atoms with E-state index in [1.807, 2.05) is 84.9 Å². The second kappa shape index (κ2) is 14.1. The molecule has 2 aliphatic rings. The van der Waals surface area contributed by atoms with Gasteiger partial charge in [0.15, 0.2) is 17.5 Å². The largest absolute Gasteiger partial charge is 0.457 e. The Morgan fingerprint density at radius 3 is 1.47 bits per heavy atom. The standard InChI is InChI=1S/C57H34N4O/c58-35-42-26-29-44(45-21-8-7-20-43(42)45)40-28-31-53-51(34-40)57(48-24-11-9-22-46(48)47-23-10-12-25-49(47)57)50-33-39(27-30-52(50)62-53)38-18-13-19-41(32-38)56-60-54(36-14-3-1-4-15-36)59-55(61-56)37-16-5-2-6-17-37/h1-34H. The topological polar surface area (TPSA) is 71.7 Å².